The van der Waals surface area contributed by atoms with E-state index in [1.807, 2.05) is 6.92 Å². The molecule has 1 atom stereocenters. The van der Waals surface area contributed by atoms with E-state index in [1.165, 1.54) is 51.4 Å². The Morgan fingerprint density at radius 3 is 1.85 bits per heavy atom. The first-order valence-electron chi connectivity index (χ1n) is 7.65. The predicted octanol–water partition coefficient (Wildman–Crippen LogP) is 6.21. The van der Waals surface area contributed by atoms with E-state index in [-0.39, 0.29) is 6.10 Å². The maximum Gasteiger partial charge on any atom is 0.358 e. The zero-order chi connectivity index (χ0) is 15.4. The van der Waals surface area contributed by atoms with Gasteiger partial charge in [0.2, 0.25) is 0 Å². The molecule has 0 aromatic rings. The Balaban J connectivity index is 3.40. The quantitative estimate of drug-likeness (QED) is 0.253. The van der Waals surface area contributed by atoms with Gasteiger partial charge in [-0.1, -0.05) is 93.1 Å². The van der Waals surface area contributed by atoms with E-state index in [2.05, 4.69) is 6.92 Å². The molecule has 0 aliphatic rings. The van der Waals surface area contributed by atoms with Gasteiger partial charge in [0.05, 0.1) is 6.10 Å². The number of rotatable bonds is 11. The first-order chi connectivity index (χ1) is 9.38. The molecule has 0 fully saturated rings. The molecule has 0 saturated heterocycles. The highest BCUT2D eigenvalue weighted by atomic mass is 35.6. The molecule has 1 unspecified atom stereocenters. The first kappa shape index (κ1) is 20.3. The van der Waals surface area contributed by atoms with Crippen LogP contribution in [-0.2, 0) is 9.53 Å². The molecule has 0 amide bonds. The molecule has 0 spiro atoms. The van der Waals surface area contributed by atoms with Gasteiger partial charge < -0.3 is 4.74 Å². The van der Waals surface area contributed by atoms with Gasteiger partial charge in [0.1, 0.15) is 0 Å². The van der Waals surface area contributed by atoms with Crippen LogP contribution in [0.15, 0.2) is 0 Å². The maximum atomic E-state index is 11.3. The van der Waals surface area contributed by atoms with Crippen LogP contribution in [0.2, 0.25) is 0 Å². The minimum Gasteiger partial charge on any atom is -0.460 e. The lowest BCUT2D eigenvalue weighted by molar-refractivity contribution is -0.147. The van der Waals surface area contributed by atoms with Gasteiger partial charge in [0.25, 0.3) is 3.79 Å². The van der Waals surface area contributed by atoms with Gasteiger partial charge in [-0.2, -0.15) is 0 Å². The lowest BCUT2D eigenvalue weighted by Crippen LogP contribution is -2.26. The molecule has 0 radical (unpaired) electrons. The summed E-state index contributed by atoms with van der Waals surface area (Å²) in [4.78, 5) is 11.3. The number of ether oxygens (including phenoxy) is 1. The second kappa shape index (κ2) is 11.9. The molecule has 0 saturated carbocycles. The van der Waals surface area contributed by atoms with E-state index in [0.29, 0.717) is 0 Å². The van der Waals surface area contributed by atoms with E-state index in [0.717, 1.165) is 12.8 Å². The van der Waals surface area contributed by atoms with E-state index >= 15 is 0 Å². The van der Waals surface area contributed by atoms with Gasteiger partial charge >= 0.3 is 5.97 Å². The van der Waals surface area contributed by atoms with Crippen molar-refractivity contribution in [2.75, 3.05) is 0 Å². The zero-order valence-corrected chi connectivity index (χ0v) is 14.9. The van der Waals surface area contributed by atoms with Gasteiger partial charge in [-0.25, -0.2) is 4.79 Å². The van der Waals surface area contributed by atoms with Crippen LogP contribution < -0.4 is 0 Å². The monoisotopic (exact) mass is 344 g/mol. The number of alkyl halides is 3. The Kier molecular flexibility index (Phi) is 12.1. The van der Waals surface area contributed by atoms with Gasteiger partial charge in [-0.05, 0) is 19.8 Å². The minimum atomic E-state index is -1.97. The Bertz CT molecular complexity index is 252. The Hall–Kier alpha value is 0.340. The lowest BCUT2D eigenvalue weighted by Gasteiger charge is -2.16. The van der Waals surface area contributed by atoms with E-state index < -0.39 is 9.76 Å². The van der Waals surface area contributed by atoms with E-state index in [4.69, 9.17) is 39.5 Å². The lowest BCUT2D eigenvalue weighted by atomic mass is 10.1. The minimum absolute atomic E-state index is 0.192. The van der Waals surface area contributed by atoms with Crippen molar-refractivity contribution in [2.24, 2.45) is 0 Å². The van der Waals surface area contributed by atoms with Crippen molar-refractivity contribution in [3.05, 3.63) is 0 Å². The number of hydrogen-bond donors (Lipinski definition) is 0. The summed E-state index contributed by atoms with van der Waals surface area (Å²) < 4.78 is 3.09. The summed E-state index contributed by atoms with van der Waals surface area (Å²) in [6, 6.07) is 0. The van der Waals surface area contributed by atoms with Crippen LogP contribution in [0, 0.1) is 0 Å². The normalized spacial score (nSPS) is 13.2. The number of halogens is 3. The fourth-order valence-electron chi connectivity index (χ4n) is 2.05. The molecule has 0 aliphatic heterocycles. The number of hydrogen-bond acceptors (Lipinski definition) is 2. The molecule has 0 aromatic heterocycles. The predicted molar refractivity (Wildman–Crippen MR) is 87.7 cm³/mol. The number of carbonyl (C=O) groups is 1. The van der Waals surface area contributed by atoms with E-state index in [1.54, 1.807) is 0 Å². The van der Waals surface area contributed by atoms with Gasteiger partial charge in [0, 0.05) is 0 Å². The fourth-order valence-corrected chi connectivity index (χ4v) is 2.18. The standard InChI is InChI=1S/C15H27Cl3O2/c1-3-4-5-6-7-8-9-10-11-12-13(2)20-14(19)15(16,17)18/h13H,3-12H2,1-2H3. The summed E-state index contributed by atoms with van der Waals surface area (Å²) in [6.45, 7) is 4.07. The summed E-state index contributed by atoms with van der Waals surface area (Å²) in [7, 11) is 0. The van der Waals surface area contributed by atoms with Gasteiger partial charge in [-0.15, -0.1) is 0 Å². The molecular weight excluding hydrogens is 319 g/mol. The second-order valence-electron chi connectivity index (χ2n) is 5.33. The Morgan fingerprint density at radius 2 is 1.40 bits per heavy atom. The van der Waals surface area contributed by atoms with Crippen LogP contribution in [0.25, 0.3) is 0 Å². The summed E-state index contributed by atoms with van der Waals surface area (Å²) in [5.74, 6) is -0.786. The molecule has 5 heteroatoms. The molecule has 2 nitrogen and oxygen atoms in total. The topological polar surface area (TPSA) is 26.3 Å². The largest absolute Gasteiger partial charge is 0.460 e. The average molecular weight is 346 g/mol. The summed E-state index contributed by atoms with van der Waals surface area (Å²) in [6.07, 6.45) is 12.1. The van der Waals surface area contributed by atoms with Crippen molar-refractivity contribution in [1.82, 2.24) is 0 Å². The number of esters is 1. The smallest absolute Gasteiger partial charge is 0.358 e. The first-order valence-corrected chi connectivity index (χ1v) is 8.79. The van der Waals surface area contributed by atoms with Crippen molar-refractivity contribution >= 4 is 40.8 Å². The van der Waals surface area contributed by atoms with Crippen LogP contribution in [0.4, 0.5) is 0 Å². The van der Waals surface area contributed by atoms with Crippen molar-refractivity contribution < 1.29 is 9.53 Å². The Morgan fingerprint density at radius 1 is 0.950 bits per heavy atom. The molecular formula is C15H27Cl3O2. The third-order valence-corrected chi connectivity index (χ3v) is 3.72. The third kappa shape index (κ3) is 12.1. The van der Waals surface area contributed by atoms with Crippen LogP contribution in [0.1, 0.15) is 78.1 Å². The van der Waals surface area contributed by atoms with E-state index in [9.17, 15) is 4.79 Å². The molecule has 0 N–H and O–H groups in total. The van der Waals surface area contributed by atoms with Gasteiger partial charge in [0.15, 0.2) is 0 Å². The molecule has 0 bridgehead atoms. The SMILES string of the molecule is CCCCCCCCCCCC(C)OC(=O)C(Cl)(Cl)Cl. The third-order valence-electron chi connectivity index (χ3n) is 3.25. The van der Waals surface area contributed by atoms with Crippen molar-refractivity contribution in [1.29, 1.82) is 0 Å². The fraction of sp³-hybridized carbons (Fsp3) is 0.933. The van der Waals surface area contributed by atoms with Crippen LogP contribution in [0.5, 0.6) is 0 Å². The second-order valence-corrected chi connectivity index (χ2v) is 7.61. The van der Waals surface area contributed by atoms with Crippen molar-refractivity contribution in [3.8, 4) is 0 Å². The highest BCUT2D eigenvalue weighted by Gasteiger charge is 2.33. The molecule has 120 valence electrons. The highest BCUT2D eigenvalue weighted by Crippen LogP contribution is 2.28. The number of carbonyl (C=O) groups excluding carboxylic acids is 1. The zero-order valence-electron chi connectivity index (χ0n) is 12.6. The van der Waals surface area contributed by atoms with Gasteiger partial charge in [-0.3, -0.25) is 0 Å². The molecule has 0 aromatic carbocycles. The number of unbranched alkanes of at least 4 members (excludes halogenated alkanes) is 8. The molecule has 20 heavy (non-hydrogen) atoms. The van der Waals surface area contributed by atoms with Crippen LogP contribution in [0.3, 0.4) is 0 Å². The summed E-state index contributed by atoms with van der Waals surface area (Å²) in [5, 5.41) is 0. The average Bonchev–Trinajstić information content (AvgIpc) is 2.35. The Labute approximate surface area is 138 Å². The van der Waals surface area contributed by atoms with Crippen molar-refractivity contribution in [3.63, 3.8) is 0 Å². The maximum absolute atomic E-state index is 11.3. The van der Waals surface area contributed by atoms with Crippen LogP contribution in [-0.4, -0.2) is 15.9 Å². The van der Waals surface area contributed by atoms with Crippen LogP contribution >= 0.6 is 34.8 Å². The summed E-state index contributed by atoms with van der Waals surface area (Å²) in [5.41, 5.74) is 0. The summed E-state index contributed by atoms with van der Waals surface area (Å²) >= 11 is 16.3. The molecule has 0 aliphatic carbocycles. The van der Waals surface area contributed by atoms with Crippen molar-refractivity contribution in [2.45, 2.75) is 88.0 Å². The molecule has 0 rings (SSSR count). The highest BCUT2D eigenvalue weighted by molar-refractivity contribution is 6.75. The molecule has 0 heterocycles.